The van der Waals surface area contributed by atoms with Crippen molar-refractivity contribution in [2.45, 2.75) is 64.9 Å². The Hall–Kier alpha value is -4.53. The molecule has 5 rings (SSSR count). The van der Waals surface area contributed by atoms with E-state index in [1.807, 2.05) is 30.3 Å². The number of nitrogens with one attached hydrogen (secondary N) is 1. The number of fused-ring (bicyclic) bond motifs is 1. The fraction of sp³-hybridized carbons (Fsp3) is 0.344. The van der Waals surface area contributed by atoms with Crippen molar-refractivity contribution in [3.8, 4) is 11.3 Å². The summed E-state index contributed by atoms with van der Waals surface area (Å²) in [6.45, 7) is 5.20. The van der Waals surface area contributed by atoms with Crippen molar-refractivity contribution in [1.29, 1.82) is 0 Å². The van der Waals surface area contributed by atoms with Crippen LogP contribution in [-0.2, 0) is 18.9 Å². The molecule has 0 radical (unpaired) electrons. The maximum Gasteiger partial charge on any atom is 0.513 e. The van der Waals surface area contributed by atoms with Gasteiger partial charge in [-0.15, -0.1) is 0 Å². The Morgan fingerprint density at radius 3 is 2.17 bits per heavy atom. The van der Waals surface area contributed by atoms with E-state index in [1.54, 1.807) is 39.0 Å². The first-order valence-corrected chi connectivity index (χ1v) is 13.7. The smallest absolute Gasteiger partial charge is 0.455 e. The first kappa shape index (κ1) is 28.0. The molecule has 1 unspecified atom stereocenters. The minimum atomic E-state index is -0.947. The summed E-state index contributed by atoms with van der Waals surface area (Å²) in [5.74, 6) is -0.222. The highest BCUT2D eigenvalue weighted by molar-refractivity contribution is 5.84. The Bertz CT molecular complexity index is 1600. The number of hydrogen-bond acceptors (Lipinski definition) is 9. The van der Waals surface area contributed by atoms with Gasteiger partial charge in [-0.2, -0.15) is 0 Å². The third kappa shape index (κ3) is 5.70. The van der Waals surface area contributed by atoms with E-state index in [4.69, 9.17) is 23.4 Å². The lowest BCUT2D eigenvalue weighted by Crippen LogP contribution is -2.30. The van der Waals surface area contributed by atoms with Crippen molar-refractivity contribution in [1.82, 2.24) is 5.32 Å². The molecule has 1 aliphatic carbocycles. The van der Waals surface area contributed by atoms with Gasteiger partial charge in [0, 0.05) is 16.7 Å². The number of methoxy groups -OCH3 is 1. The molecule has 2 aliphatic rings. The average Bonchev–Trinajstić information content (AvgIpc) is 2.98. The van der Waals surface area contributed by atoms with E-state index >= 15 is 0 Å². The predicted octanol–water partition coefficient (Wildman–Crippen LogP) is 7.19. The molecule has 3 aromatic rings. The number of ether oxygens (including phenoxy) is 4. The first-order valence-electron chi connectivity index (χ1n) is 13.7. The van der Waals surface area contributed by atoms with E-state index in [-0.39, 0.29) is 28.6 Å². The summed E-state index contributed by atoms with van der Waals surface area (Å²) in [5.41, 5.74) is 2.76. The van der Waals surface area contributed by atoms with Crippen LogP contribution in [0.3, 0.4) is 0 Å². The molecule has 2 heterocycles. The standard InChI is InChI=1S/C32H33NO8/c1-18-26(34)24-17-11-16-23(30(24)39-27(18)21-12-7-5-8-13-21)25-28(40-31(35)37-4)19(2)33-20(3)29(25)41-32(36)38-22-14-9-6-10-15-22/h5,7-8,11-13,16-17,22,25,33H,6,9-10,14-15H2,1-4H3. The second-order valence-corrected chi connectivity index (χ2v) is 10.3. The van der Waals surface area contributed by atoms with Crippen molar-refractivity contribution in [3.63, 3.8) is 0 Å². The fourth-order valence-corrected chi connectivity index (χ4v) is 5.50. The zero-order valence-corrected chi connectivity index (χ0v) is 23.6. The van der Waals surface area contributed by atoms with E-state index in [9.17, 15) is 14.4 Å². The van der Waals surface area contributed by atoms with Gasteiger partial charge in [0.15, 0.2) is 5.43 Å². The van der Waals surface area contributed by atoms with Crippen LogP contribution < -0.4 is 10.7 Å². The van der Waals surface area contributed by atoms with Crippen LogP contribution in [0.4, 0.5) is 9.59 Å². The lowest BCUT2D eigenvalue weighted by molar-refractivity contribution is 0.0220. The summed E-state index contributed by atoms with van der Waals surface area (Å²) in [5, 5.41) is 3.47. The Morgan fingerprint density at radius 2 is 1.51 bits per heavy atom. The largest absolute Gasteiger partial charge is 0.513 e. The minimum Gasteiger partial charge on any atom is -0.455 e. The predicted molar refractivity (Wildman–Crippen MR) is 152 cm³/mol. The molecule has 1 N–H and O–H groups in total. The molecule has 1 aliphatic heterocycles. The van der Waals surface area contributed by atoms with Gasteiger partial charge in [0.05, 0.1) is 23.9 Å². The highest BCUT2D eigenvalue weighted by atomic mass is 16.7. The van der Waals surface area contributed by atoms with Crippen LogP contribution in [0.2, 0.25) is 0 Å². The Morgan fingerprint density at radius 1 is 0.854 bits per heavy atom. The molecule has 0 bridgehead atoms. The summed E-state index contributed by atoms with van der Waals surface area (Å²) < 4.78 is 28.4. The molecule has 0 saturated heterocycles. The molecule has 1 fully saturated rings. The van der Waals surface area contributed by atoms with Gasteiger partial charge in [-0.3, -0.25) is 4.79 Å². The maximum atomic E-state index is 13.6. The van der Waals surface area contributed by atoms with Gasteiger partial charge in [-0.1, -0.05) is 48.9 Å². The number of hydrogen-bond donors (Lipinski definition) is 1. The van der Waals surface area contributed by atoms with E-state index in [0.29, 0.717) is 33.7 Å². The molecule has 9 heteroatoms. The second-order valence-electron chi connectivity index (χ2n) is 10.3. The average molecular weight is 560 g/mol. The number of rotatable bonds is 5. The van der Waals surface area contributed by atoms with Crippen molar-refractivity contribution in [2.75, 3.05) is 7.11 Å². The molecule has 0 amide bonds. The zero-order valence-electron chi connectivity index (χ0n) is 23.6. The Labute approximate surface area is 237 Å². The molecule has 1 saturated carbocycles. The summed E-state index contributed by atoms with van der Waals surface area (Å²) in [7, 11) is 1.20. The van der Waals surface area contributed by atoms with Crippen LogP contribution in [-0.4, -0.2) is 25.5 Å². The van der Waals surface area contributed by atoms with Gasteiger partial charge in [0.1, 0.15) is 34.9 Å². The van der Waals surface area contributed by atoms with Crippen molar-refractivity contribution in [2.24, 2.45) is 0 Å². The van der Waals surface area contributed by atoms with Crippen LogP contribution in [0.5, 0.6) is 0 Å². The van der Waals surface area contributed by atoms with Crippen LogP contribution in [0.25, 0.3) is 22.3 Å². The van der Waals surface area contributed by atoms with Gasteiger partial charge >= 0.3 is 12.3 Å². The number of dihydropyridines is 1. The molecule has 1 atom stereocenters. The first-order chi connectivity index (χ1) is 19.8. The highest BCUT2D eigenvalue weighted by Crippen LogP contribution is 2.43. The molecular formula is C32H33NO8. The highest BCUT2D eigenvalue weighted by Gasteiger charge is 2.38. The molecule has 9 nitrogen and oxygen atoms in total. The molecular weight excluding hydrogens is 526 g/mol. The molecule has 2 aromatic carbocycles. The van der Waals surface area contributed by atoms with E-state index < -0.39 is 18.2 Å². The normalized spacial score (nSPS) is 17.7. The fourth-order valence-electron chi connectivity index (χ4n) is 5.50. The van der Waals surface area contributed by atoms with E-state index in [2.05, 4.69) is 5.32 Å². The summed E-state index contributed by atoms with van der Waals surface area (Å²) in [4.78, 5) is 39.0. The minimum absolute atomic E-state index is 0.139. The van der Waals surface area contributed by atoms with Crippen molar-refractivity contribution >= 4 is 23.3 Å². The number of para-hydroxylation sites is 1. The quantitative estimate of drug-likeness (QED) is 0.325. The third-order valence-electron chi connectivity index (χ3n) is 7.53. The summed E-state index contributed by atoms with van der Waals surface area (Å²) in [6, 6.07) is 14.5. The van der Waals surface area contributed by atoms with Gasteiger partial charge < -0.3 is 28.7 Å². The van der Waals surface area contributed by atoms with Gasteiger partial charge in [0.2, 0.25) is 0 Å². The van der Waals surface area contributed by atoms with Gasteiger partial charge in [0.25, 0.3) is 0 Å². The number of carbonyl (C=O) groups is 2. The summed E-state index contributed by atoms with van der Waals surface area (Å²) >= 11 is 0. The maximum absolute atomic E-state index is 13.6. The molecule has 214 valence electrons. The molecule has 0 spiro atoms. The van der Waals surface area contributed by atoms with E-state index in [1.165, 1.54) is 7.11 Å². The van der Waals surface area contributed by atoms with Crippen LogP contribution in [0.1, 0.15) is 63.0 Å². The van der Waals surface area contributed by atoms with E-state index in [0.717, 1.165) is 37.7 Å². The number of benzene rings is 2. The van der Waals surface area contributed by atoms with Crippen molar-refractivity contribution in [3.05, 3.63) is 92.8 Å². The van der Waals surface area contributed by atoms with Crippen LogP contribution in [0.15, 0.2) is 80.7 Å². The van der Waals surface area contributed by atoms with Crippen molar-refractivity contribution < 1.29 is 33.0 Å². The second kappa shape index (κ2) is 11.9. The van der Waals surface area contributed by atoms with Gasteiger partial charge in [-0.25, -0.2) is 9.59 Å². The lowest BCUT2D eigenvalue weighted by atomic mass is 9.89. The topological polar surface area (TPSA) is 113 Å². The summed E-state index contributed by atoms with van der Waals surface area (Å²) in [6.07, 6.45) is 2.63. The number of allylic oxidation sites excluding steroid dienone is 2. The third-order valence-corrected chi connectivity index (χ3v) is 7.53. The van der Waals surface area contributed by atoms with Crippen LogP contribution >= 0.6 is 0 Å². The molecule has 41 heavy (non-hydrogen) atoms. The van der Waals surface area contributed by atoms with Crippen LogP contribution in [0, 0.1) is 6.92 Å². The molecule has 1 aromatic heterocycles. The Kier molecular flexibility index (Phi) is 8.14. The SMILES string of the molecule is COC(=O)OC1=C(C)NC(C)=C(OC(=O)OC2CCCCC2)C1c1cccc2c(=O)c(C)c(-c3ccccc3)oc12. The zero-order chi connectivity index (χ0) is 29.1. The van der Waals surface area contributed by atoms with Gasteiger partial charge in [-0.05, 0) is 52.5 Å². The lowest BCUT2D eigenvalue weighted by Gasteiger charge is -2.31. The monoisotopic (exact) mass is 559 g/mol. The Balaban J connectivity index is 1.66. The number of carbonyl (C=O) groups excluding carboxylic acids is 2.